The Hall–Kier alpha value is -0.610. The summed E-state index contributed by atoms with van der Waals surface area (Å²) in [5.41, 5.74) is 1.13. The molecule has 1 rings (SSSR count). The summed E-state index contributed by atoms with van der Waals surface area (Å²) in [6.07, 6.45) is 2.28. The molecule has 94 valence electrons. The van der Waals surface area contributed by atoms with Crippen LogP contribution in [-0.4, -0.2) is 62.8 Å². The van der Waals surface area contributed by atoms with E-state index in [0.717, 1.165) is 25.1 Å². The lowest BCUT2D eigenvalue weighted by Crippen LogP contribution is -2.41. The Labute approximate surface area is 98.3 Å². The fraction of sp³-hybridized carbons (Fsp3) is 0.833. The van der Waals surface area contributed by atoms with Crippen LogP contribution in [0.25, 0.3) is 0 Å². The first kappa shape index (κ1) is 13.5. The van der Waals surface area contributed by atoms with Gasteiger partial charge in [-0.3, -0.25) is 0 Å². The molecule has 16 heavy (non-hydrogen) atoms. The van der Waals surface area contributed by atoms with E-state index in [9.17, 15) is 4.39 Å². The van der Waals surface area contributed by atoms with Crippen molar-refractivity contribution in [2.75, 3.05) is 40.9 Å². The van der Waals surface area contributed by atoms with Crippen LogP contribution >= 0.6 is 0 Å². The number of nitrogens with one attached hydrogen (secondary N) is 1. The number of hydrogen-bond acceptors (Lipinski definition) is 3. The third-order valence-corrected chi connectivity index (χ3v) is 3.22. The normalized spacial score (nSPS) is 25.1. The molecule has 0 radical (unpaired) electrons. The van der Waals surface area contributed by atoms with E-state index in [1.807, 2.05) is 26.0 Å². The van der Waals surface area contributed by atoms with Gasteiger partial charge >= 0.3 is 0 Å². The lowest BCUT2D eigenvalue weighted by Gasteiger charge is -2.24. The lowest BCUT2D eigenvalue weighted by atomic mass is 10.1. The first-order valence-corrected chi connectivity index (χ1v) is 5.91. The molecule has 0 bridgehead atoms. The summed E-state index contributed by atoms with van der Waals surface area (Å²) in [7, 11) is 6.01. The molecule has 3 nitrogen and oxygen atoms in total. The van der Waals surface area contributed by atoms with Crippen LogP contribution in [0.3, 0.4) is 0 Å². The molecule has 0 aromatic carbocycles. The van der Waals surface area contributed by atoms with Crippen molar-refractivity contribution in [1.29, 1.82) is 0 Å². The Morgan fingerprint density at radius 2 is 2.06 bits per heavy atom. The molecule has 4 heteroatoms. The predicted molar refractivity (Wildman–Crippen MR) is 66.2 cm³/mol. The predicted octanol–water partition coefficient (Wildman–Crippen LogP) is 1.08. The maximum atomic E-state index is 12.1. The van der Waals surface area contributed by atoms with Crippen molar-refractivity contribution in [2.45, 2.75) is 24.9 Å². The summed E-state index contributed by atoms with van der Waals surface area (Å²) >= 11 is 0. The molecule has 2 unspecified atom stereocenters. The quantitative estimate of drug-likeness (QED) is 0.735. The molecule has 0 aromatic heterocycles. The van der Waals surface area contributed by atoms with Crippen LogP contribution in [-0.2, 0) is 0 Å². The monoisotopic (exact) mass is 229 g/mol. The minimum atomic E-state index is -0.267. The van der Waals surface area contributed by atoms with Gasteiger partial charge < -0.3 is 15.1 Å². The van der Waals surface area contributed by atoms with Gasteiger partial charge in [-0.05, 0) is 19.9 Å². The molecule has 1 heterocycles. The van der Waals surface area contributed by atoms with Gasteiger partial charge in [0.05, 0.1) is 0 Å². The summed E-state index contributed by atoms with van der Waals surface area (Å²) < 4.78 is 12.1. The Balaban J connectivity index is 2.32. The molecule has 1 aliphatic rings. The van der Waals surface area contributed by atoms with Gasteiger partial charge in [-0.2, -0.15) is 0 Å². The molecule has 0 amide bonds. The van der Waals surface area contributed by atoms with Crippen LogP contribution in [0.15, 0.2) is 12.3 Å². The van der Waals surface area contributed by atoms with E-state index in [4.69, 9.17) is 0 Å². The van der Waals surface area contributed by atoms with E-state index < -0.39 is 0 Å². The van der Waals surface area contributed by atoms with Gasteiger partial charge in [0.25, 0.3) is 0 Å². The number of hydrogen-bond donors (Lipinski definition) is 1. The van der Waals surface area contributed by atoms with Gasteiger partial charge in [0.1, 0.15) is 6.67 Å². The second-order valence-electron chi connectivity index (χ2n) is 4.83. The van der Waals surface area contributed by atoms with Crippen molar-refractivity contribution in [1.82, 2.24) is 15.1 Å². The molecule has 0 saturated carbocycles. The zero-order valence-corrected chi connectivity index (χ0v) is 10.7. The summed E-state index contributed by atoms with van der Waals surface area (Å²) in [6.45, 7) is 5.25. The van der Waals surface area contributed by atoms with Crippen LogP contribution in [0.5, 0.6) is 0 Å². The van der Waals surface area contributed by atoms with E-state index >= 15 is 0 Å². The smallest absolute Gasteiger partial charge is 0.102 e. The van der Waals surface area contributed by atoms with E-state index in [2.05, 4.69) is 16.8 Å². The van der Waals surface area contributed by atoms with Gasteiger partial charge in [-0.1, -0.05) is 6.58 Å². The number of alkyl halides is 1. The largest absolute Gasteiger partial charge is 0.380 e. The number of rotatable bonds is 6. The first-order valence-electron chi connectivity index (χ1n) is 5.91. The van der Waals surface area contributed by atoms with Crippen molar-refractivity contribution < 1.29 is 4.39 Å². The maximum absolute atomic E-state index is 12.1. The fourth-order valence-corrected chi connectivity index (χ4v) is 2.15. The van der Waals surface area contributed by atoms with E-state index in [1.54, 1.807) is 0 Å². The second-order valence-corrected chi connectivity index (χ2v) is 4.83. The highest BCUT2D eigenvalue weighted by Gasteiger charge is 2.26. The standard InChI is InChI=1S/C12H24FN3/c1-10(15(2)3)12-6-5-11(14-12)9-16(4)8-7-13/h11-12,14H,1,5-9H2,2-4H3. The molecule has 0 aliphatic carbocycles. The Kier molecular flexibility index (Phi) is 5.22. The summed E-state index contributed by atoms with van der Waals surface area (Å²) in [6, 6.07) is 0.858. The Bertz CT molecular complexity index is 230. The highest BCUT2D eigenvalue weighted by atomic mass is 19.1. The van der Waals surface area contributed by atoms with Crippen LogP contribution in [0.1, 0.15) is 12.8 Å². The molecule has 1 fully saturated rings. The molecule has 0 spiro atoms. The van der Waals surface area contributed by atoms with Crippen molar-refractivity contribution >= 4 is 0 Å². The summed E-state index contributed by atoms with van der Waals surface area (Å²) in [4.78, 5) is 4.10. The zero-order valence-electron chi connectivity index (χ0n) is 10.7. The average molecular weight is 229 g/mol. The molecule has 1 aliphatic heterocycles. The molecule has 1 N–H and O–H groups in total. The van der Waals surface area contributed by atoms with Crippen LogP contribution in [0, 0.1) is 0 Å². The highest BCUT2D eigenvalue weighted by Crippen LogP contribution is 2.19. The molecule has 0 aromatic rings. The maximum Gasteiger partial charge on any atom is 0.102 e. The molecule has 2 atom stereocenters. The Morgan fingerprint density at radius 1 is 1.38 bits per heavy atom. The average Bonchev–Trinajstić information content (AvgIpc) is 2.65. The lowest BCUT2D eigenvalue weighted by molar-refractivity contribution is 0.269. The third-order valence-electron chi connectivity index (χ3n) is 3.22. The second kappa shape index (κ2) is 6.21. The highest BCUT2D eigenvalue weighted by molar-refractivity contribution is 5.07. The zero-order chi connectivity index (χ0) is 12.1. The van der Waals surface area contributed by atoms with Crippen LogP contribution < -0.4 is 5.32 Å². The number of likely N-dealkylation sites (N-methyl/N-ethyl adjacent to an activating group) is 2. The van der Waals surface area contributed by atoms with Crippen LogP contribution in [0.2, 0.25) is 0 Å². The fourth-order valence-electron chi connectivity index (χ4n) is 2.15. The van der Waals surface area contributed by atoms with Crippen molar-refractivity contribution in [3.8, 4) is 0 Å². The third kappa shape index (κ3) is 3.76. The number of nitrogens with zero attached hydrogens (tertiary/aromatic N) is 2. The first-order chi connectivity index (χ1) is 7.54. The van der Waals surface area contributed by atoms with Crippen molar-refractivity contribution in [3.63, 3.8) is 0 Å². The minimum Gasteiger partial charge on any atom is -0.380 e. The molecule has 1 saturated heterocycles. The van der Waals surface area contributed by atoms with Crippen LogP contribution in [0.4, 0.5) is 4.39 Å². The summed E-state index contributed by atoms with van der Waals surface area (Å²) in [5, 5.41) is 3.56. The molecular weight excluding hydrogens is 205 g/mol. The van der Waals surface area contributed by atoms with E-state index in [1.165, 1.54) is 0 Å². The van der Waals surface area contributed by atoms with Crippen molar-refractivity contribution in [2.24, 2.45) is 0 Å². The van der Waals surface area contributed by atoms with Gasteiger partial charge in [-0.25, -0.2) is 4.39 Å². The summed E-state index contributed by atoms with van der Waals surface area (Å²) in [5.74, 6) is 0. The van der Waals surface area contributed by atoms with Crippen molar-refractivity contribution in [3.05, 3.63) is 12.3 Å². The minimum absolute atomic E-state index is 0.267. The van der Waals surface area contributed by atoms with Gasteiger partial charge in [0, 0.05) is 45.0 Å². The number of halogens is 1. The van der Waals surface area contributed by atoms with E-state index in [0.29, 0.717) is 18.6 Å². The van der Waals surface area contributed by atoms with E-state index in [-0.39, 0.29) is 6.67 Å². The topological polar surface area (TPSA) is 18.5 Å². The molecular formula is C12H24FN3. The van der Waals surface area contributed by atoms with Gasteiger partial charge in [0.2, 0.25) is 0 Å². The van der Waals surface area contributed by atoms with Gasteiger partial charge in [-0.15, -0.1) is 0 Å². The van der Waals surface area contributed by atoms with Gasteiger partial charge in [0.15, 0.2) is 0 Å². The SMILES string of the molecule is C=C(C1CCC(CN(C)CCF)N1)N(C)C. The Morgan fingerprint density at radius 3 is 2.62 bits per heavy atom.